The summed E-state index contributed by atoms with van der Waals surface area (Å²) in [6.45, 7) is 3.69. The molecule has 0 saturated heterocycles. The molecule has 3 heterocycles. The maximum absolute atomic E-state index is 12.3. The van der Waals surface area contributed by atoms with Gasteiger partial charge in [0.05, 0.1) is 23.1 Å². The Morgan fingerprint density at radius 3 is 2.79 bits per heavy atom. The first-order valence-corrected chi connectivity index (χ1v) is 10.9. The number of hydrogen-bond acceptors (Lipinski definition) is 5. The number of rotatable bonds is 6. The number of carbonyl (C=O) groups is 1. The van der Waals surface area contributed by atoms with E-state index in [1.165, 1.54) is 16.9 Å². The Labute approximate surface area is 172 Å². The number of pyridine rings is 1. The summed E-state index contributed by atoms with van der Waals surface area (Å²) in [5.41, 5.74) is 4.10. The highest BCUT2D eigenvalue weighted by molar-refractivity contribution is 7.98. The topological polar surface area (TPSA) is 50.5 Å². The first-order chi connectivity index (χ1) is 13.7. The molecule has 0 radical (unpaired) electrons. The predicted octanol–water partition coefficient (Wildman–Crippen LogP) is 5.33. The number of aryl methyl sites for hydroxylation is 1. The molecule has 0 aliphatic rings. The van der Waals surface area contributed by atoms with E-state index >= 15 is 0 Å². The van der Waals surface area contributed by atoms with Gasteiger partial charge in [0.25, 0.3) is 0 Å². The standard InChI is InChI=1S/C21H20N4OS2/c1-3-16-7-9-18(10-8-16)25(15(2)26)21-23-17(14-28-21)13-27-20-22-12-19-6-4-5-11-24(19)20/h4-12,14H,3,13H2,1-2H3. The van der Waals surface area contributed by atoms with Crippen LogP contribution in [0.15, 0.2) is 65.4 Å². The summed E-state index contributed by atoms with van der Waals surface area (Å²) in [4.78, 5) is 23.1. The lowest BCUT2D eigenvalue weighted by Crippen LogP contribution is -2.22. The molecule has 3 aromatic heterocycles. The molecule has 0 spiro atoms. The number of thioether (sulfide) groups is 1. The SMILES string of the molecule is CCc1ccc(N(C(C)=O)c2nc(CSc3ncc4ccccn34)cs2)cc1. The third kappa shape index (κ3) is 3.81. The Hall–Kier alpha value is -2.64. The minimum absolute atomic E-state index is 0.0444. The van der Waals surface area contributed by atoms with Gasteiger partial charge in [-0.15, -0.1) is 11.3 Å². The largest absolute Gasteiger partial charge is 0.295 e. The number of fused-ring (bicyclic) bond motifs is 1. The quantitative estimate of drug-likeness (QED) is 0.405. The highest BCUT2D eigenvalue weighted by Gasteiger charge is 2.18. The van der Waals surface area contributed by atoms with Gasteiger partial charge in [-0.05, 0) is 36.2 Å². The average Bonchev–Trinajstić information content (AvgIpc) is 3.34. The fourth-order valence-electron chi connectivity index (χ4n) is 2.94. The van der Waals surface area contributed by atoms with E-state index < -0.39 is 0 Å². The molecule has 4 aromatic rings. The number of anilines is 2. The van der Waals surface area contributed by atoms with Crippen molar-refractivity contribution in [3.05, 3.63) is 71.5 Å². The number of aromatic nitrogens is 3. The molecule has 1 aromatic carbocycles. The number of carbonyl (C=O) groups excluding carboxylic acids is 1. The Bertz CT molecular complexity index is 1100. The summed E-state index contributed by atoms with van der Waals surface area (Å²) in [7, 11) is 0. The second-order valence-electron chi connectivity index (χ2n) is 6.32. The lowest BCUT2D eigenvalue weighted by Gasteiger charge is -2.18. The van der Waals surface area contributed by atoms with Gasteiger partial charge in [0.2, 0.25) is 5.91 Å². The van der Waals surface area contributed by atoms with Gasteiger partial charge in [-0.3, -0.25) is 14.1 Å². The molecule has 0 saturated carbocycles. The zero-order valence-electron chi connectivity index (χ0n) is 15.7. The van der Waals surface area contributed by atoms with Crippen molar-refractivity contribution < 1.29 is 4.79 Å². The molecule has 0 atom stereocenters. The van der Waals surface area contributed by atoms with Crippen molar-refractivity contribution in [1.82, 2.24) is 14.4 Å². The maximum Gasteiger partial charge on any atom is 0.230 e. The first kappa shape index (κ1) is 18.7. The molecule has 4 rings (SSSR count). The van der Waals surface area contributed by atoms with Crippen LogP contribution in [0.1, 0.15) is 25.1 Å². The van der Waals surface area contributed by atoms with Crippen molar-refractivity contribution in [2.45, 2.75) is 31.2 Å². The molecule has 0 N–H and O–H groups in total. The number of benzene rings is 1. The summed E-state index contributed by atoms with van der Waals surface area (Å²) in [6, 6.07) is 14.1. The molecule has 0 bridgehead atoms. The van der Waals surface area contributed by atoms with Crippen LogP contribution < -0.4 is 4.90 Å². The van der Waals surface area contributed by atoms with E-state index in [0.717, 1.165) is 28.5 Å². The second-order valence-corrected chi connectivity index (χ2v) is 8.10. The van der Waals surface area contributed by atoms with Gasteiger partial charge < -0.3 is 0 Å². The third-order valence-electron chi connectivity index (χ3n) is 4.40. The molecule has 142 valence electrons. The summed E-state index contributed by atoms with van der Waals surface area (Å²) in [5.74, 6) is 0.655. The van der Waals surface area contributed by atoms with Crippen LogP contribution >= 0.6 is 23.1 Å². The molecule has 0 fully saturated rings. The normalized spacial score (nSPS) is 11.1. The van der Waals surface area contributed by atoms with Gasteiger partial charge in [-0.25, -0.2) is 9.97 Å². The maximum atomic E-state index is 12.3. The highest BCUT2D eigenvalue weighted by Crippen LogP contribution is 2.31. The smallest absolute Gasteiger partial charge is 0.230 e. The Kier molecular flexibility index (Phi) is 5.45. The van der Waals surface area contributed by atoms with Crippen molar-refractivity contribution in [1.29, 1.82) is 0 Å². The van der Waals surface area contributed by atoms with E-state index in [1.54, 1.807) is 23.6 Å². The number of nitrogens with zero attached hydrogens (tertiary/aromatic N) is 4. The van der Waals surface area contributed by atoms with E-state index in [4.69, 9.17) is 4.98 Å². The molecule has 0 unspecified atom stereocenters. The average molecular weight is 409 g/mol. The molecule has 1 amide bonds. The van der Waals surface area contributed by atoms with Crippen LogP contribution in [0.4, 0.5) is 10.8 Å². The molecule has 0 aliphatic heterocycles. The van der Waals surface area contributed by atoms with E-state index in [-0.39, 0.29) is 5.91 Å². The van der Waals surface area contributed by atoms with Gasteiger partial charge in [0.1, 0.15) is 0 Å². The fourth-order valence-corrected chi connectivity index (χ4v) is 4.79. The Balaban J connectivity index is 1.52. The van der Waals surface area contributed by atoms with Crippen LogP contribution in [-0.2, 0) is 17.0 Å². The lowest BCUT2D eigenvalue weighted by molar-refractivity contribution is -0.115. The summed E-state index contributed by atoms with van der Waals surface area (Å²) in [6.07, 6.45) is 4.85. The monoisotopic (exact) mass is 408 g/mol. The molecule has 28 heavy (non-hydrogen) atoms. The van der Waals surface area contributed by atoms with Crippen LogP contribution in [0, 0.1) is 0 Å². The van der Waals surface area contributed by atoms with Crippen molar-refractivity contribution in [3.63, 3.8) is 0 Å². The van der Waals surface area contributed by atoms with Crippen LogP contribution in [0.2, 0.25) is 0 Å². The van der Waals surface area contributed by atoms with Crippen molar-refractivity contribution >= 4 is 45.3 Å². The van der Waals surface area contributed by atoms with E-state index in [0.29, 0.717) is 10.9 Å². The first-order valence-electron chi connectivity index (χ1n) is 9.04. The molecule has 5 nitrogen and oxygen atoms in total. The number of hydrogen-bond donors (Lipinski definition) is 0. The molecular weight excluding hydrogens is 388 g/mol. The minimum Gasteiger partial charge on any atom is -0.295 e. The predicted molar refractivity (Wildman–Crippen MR) is 116 cm³/mol. The summed E-state index contributed by atoms with van der Waals surface area (Å²) in [5, 5.41) is 3.64. The van der Waals surface area contributed by atoms with Gasteiger partial charge in [0, 0.05) is 24.3 Å². The second kappa shape index (κ2) is 8.16. The molecule has 0 aliphatic carbocycles. The van der Waals surface area contributed by atoms with Crippen LogP contribution in [0.5, 0.6) is 0 Å². The van der Waals surface area contributed by atoms with E-state index in [1.807, 2.05) is 48.1 Å². The van der Waals surface area contributed by atoms with E-state index in [9.17, 15) is 4.79 Å². The van der Waals surface area contributed by atoms with Gasteiger partial charge in [-0.1, -0.05) is 36.9 Å². The fraction of sp³-hybridized carbons (Fsp3) is 0.190. The molecular formula is C21H20N4OS2. The Morgan fingerprint density at radius 1 is 1.21 bits per heavy atom. The van der Waals surface area contributed by atoms with Crippen molar-refractivity contribution in [2.24, 2.45) is 0 Å². The van der Waals surface area contributed by atoms with Crippen molar-refractivity contribution in [2.75, 3.05) is 4.90 Å². The number of thiazole rings is 1. The highest BCUT2D eigenvalue weighted by atomic mass is 32.2. The zero-order chi connectivity index (χ0) is 19.5. The zero-order valence-corrected chi connectivity index (χ0v) is 17.3. The minimum atomic E-state index is -0.0444. The van der Waals surface area contributed by atoms with Crippen LogP contribution in [0.3, 0.4) is 0 Å². The van der Waals surface area contributed by atoms with Crippen LogP contribution in [0.25, 0.3) is 5.52 Å². The Morgan fingerprint density at radius 2 is 2.04 bits per heavy atom. The van der Waals surface area contributed by atoms with Gasteiger partial charge in [-0.2, -0.15) is 0 Å². The van der Waals surface area contributed by atoms with Crippen molar-refractivity contribution in [3.8, 4) is 0 Å². The van der Waals surface area contributed by atoms with Gasteiger partial charge >= 0.3 is 0 Å². The third-order valence-corrected chi connectivity index (χ3v) is 6.28. The summed E-state index contributed by atoms with van der Waals surface area (Å²) >= 11 is 3.12. The molecule has 7 heteroatoms. The lowest BCUT2D eigenvalue weighted by atomic mass is 10.1. The van der Waals surface area contributed by atoms with E-state index in [2.05, 4.69) is 28.4 Å². The van der Waals surface area contributed by atoms with Gasteiger partial charge in [0.15, 0.2) is 10.3 Å². The van der Waals surface area contributed by atoms with Crippen LogP contribution in [-0.4, -0.2) is 20.3 Å². The number of amides is 1. The summed E-state index contributed by atoms with van der Waals surface area (Å²) < 4.78 is 2.06. The number of imidazole rings is 1.